The highest BCUT2D eigenvalue weighted by atomic mass is 35.5. The quantitative estimate of drug-likeness (QED) is 0.547. The summed E-state index contributed by atoms with van der Waals surface area (Å²) < 4.78 is 7.53. The summed E-state index contributed by atoms with van der Waals surface area (Å²) >= 11 is 6.23. The van der Waals surface area contributed by atoms with E-state index >= 15 is 0 Å². The zero-order chi connectivity index (χ0) is 16.9. The Balaban J connectivity index is 2.09. The van der Waals surface area contributed by atoms with Gasteiger partial charge < -0.3 is 9.30 Å². The van der Waals surface area contributed by atoms with Crippen molar-refractivity contribution in [3.8, 4) is 0 Å². The average molecular weight is 343 g/mol. The van der Waals surface area contributed by atoms with E-state index in [1.54, 1.807) is 7.11 Å². The van der Waals surface area contributed by atoms with E-state index in [0.717, 1.165) is 47.9 Å². The van der Waals surface area contributed by atoms with Crippen LogP contribution in [0.4, 0.5) is 0 Å². The first kappa shape index (κ1) is 17.0. The standard InChI is InChI=1S/C20H23ClN2O/c1-3-17(15-8-5-4-6-9-15)20-22-18-11-10-16(21)14-19(18)23(20)12-7-13-24-2/h4-6,8-11,14,17H,3,7,12-13H2,1-2H3. The fourth-order valence-electron chi connectivity index (χ4n) is 3.24. The second-order valence-electron chi connectivity index (χ2n) is 5.97. The number of rotatable bonds is 7. The van der Waals surface area contributed by atoms with Crippen LogP contribution in [0.3, 0.4) is 0 Å². The van der Waals surface area contributed by atoms with Crippen LogP contribution in [0.2, 0.25) is 5.02 Å². The van der Waals surface area contributed by atoms with E-state index in [4.69, 9.17) is 21.3 Å². The normalized spacial score (nSPS) is 12.6. The molecule has 3 aromatic rings. The third kappa shape index (κ3) is 3.47. The van der Waals surface area contributed by atoms with Crippen molar-refractivity contribution >= 4 is 22.6 Å². The highest BCUT2D eigenvalue weighted by Gasteiger charge is 2.20. The first-order valence-electron chi connectivity index (χ1n) is 8.44. The Morgan fingerprint density at radius 3 is 2.67 bits per heavy atom. The molecule has 126 valence electrons. The van der Waals surface area contributed by atoms with Gasteiger partial charge in [0.2, 0.25) is 0 Å². The third-order valence-corrected chi connectivity index (χ3v) is 4.63. The minimum atomic E-state index is 0.278. The Labute approximate surface area is 148 Å². The van der Waals surface area contributed by atoms with Crippen molar-refractivity contribution in [2.45, 2.75) is 32.2 Å². The number of halogens is 1. The Bertz CT molecular complexity index is 798. The van der Waals surface area contributed by atoms with Crippen LogP contribution in [-0.2, 0) is 11.3 Å². The summed E-state index contributed by atoms with van der Waals surface area (Å²) in [7, 11) is 1.74. The molecule has 0 aliphatic carbocycles. The summed E-state index contributed by atoms with van der Waals surface area (Å²) in [6.07, 6.45) is 1.96. The molecule has 24 heavy (non-hydrogen) atoms. The van der Waals surface area contributed by atoms with E-state index in [1.807, 2.05) is 18.2 Å². The number of benzene rings is 2. The van der Waals surface area contributed by atoms with Crippen molar-refractivity contribution in [3.05, 3.63) is 64.9 Å². The molecule has 0 spiro atoms. The molecule has 0 amide bonds. The molecule has 1 aromatic heterocycles. The van der Waals surface area contributed by atoms with Gasteiger partial charge in [-0.15, -0.1) is 0 Å². The van der Waals surface area contributed by atoms with Gasteiger partial charge in [-0.25, -0.2) is 4.98 Å². The molecular formula is C20H23ClN2O. The van der Waals surface area contributed by atoms with Gasteiger partial charge in [-0.3, -0.25) is 0 Å². The van der Waals surface area contributed by atoms with Crippen molar-refractivity contribution in [3.63, 3.8) is 0 Å². The molecule has 0 N–H and O–H groups in total. The number of aryl methyl sites for hydroxylation is 1. The molecule has 0 saturated carbocycles. The molecule has 3 nitrogen and oxygen atoms in total. The number of ether oxygens (including phenoxy) is 1. The molecule has 3 rings (SSSR count). The number of methoxy groups -OCH3 is 1. The van der Waals surface area contributed by atoms with E-state index < -0.39 is 0 Å². The first-order valence-corrected chi connectivity index (χ1v) is 8.82. The Morgan fingerprint density at radius 1 is 1.17 bits per heavy atom. The Morgan fingerprint density at radius 2 is 1.96 bits per heavy atom. The van der Waals surface area contributed by atoms with E-state index in [1.165, 1.54) is 5.56 Å². The molecule has 0 radical (unpaired) electrons. The van der Waals surface area contributed by atoms with Gasteiger partial charge in [-0.1, -0.05) is 48.9 Å². The van der Waals surface area contributed by atoms with Crippen molar-refractivity contribution in [1.29, 1.82) is 0 Å². The third-order valence-electron chi connectivity index (χ3n) is 4.39. The summed E-state index contributed by atoms with van der Waals surface area (Å²) in [5, 5.41) is 0.745. The molecule has 0 saturated heterocycles. The van der Waals surface area contributed by atoms with Gasteiger partial charge in [0, 0.05) is 31.2 Å². The zero-order valence-corrected chi connectivity index (χ0v) is 15.0. The van der Waals surface area contributed by atoms with Crippen LogP contribution >= 0.6 is 11.6 Å². The van der Waals surface area contributed by atoms with Crippen LogP contribution in [0.5, 0.6) is 0 Å². The van der Waals surface area contributed by atoms with Crippen molar-refractivity contribution in [1.82, 2.24) is 9.55 Å². The van der Waals surface area contributed by atoms with Crippen molar-refractivity contribution < 1.29 is 4.74 Å². The molecular weight excluding hydrogens is 320 g/mol. The molecule has 1 atom stereocenters. The van der Waals surface area contributed by atoms with Gasteiger partial charge in [0.15, 0.2) is 0 Å². The monoisotopic (exact) mass is 342 g/mol. The lowest BCUT2D eigenvalue weighted by atomic mass is 9.95. The van der Waals surface area contributed by atoms with E-state index in [0.29, 0.717) is 0 Å². The van der Waals surface area contributed by atoms with Gasteiger partial charge in [0.1, 0.15) is 5.82 Å². The lowest BCUT2D eigenvalue weighted by Crippen LogP contribution is -2.11. The zero-order valence-electron chi connectivity index (χ0n) is 14.2. The maximum atomic E-state index is 6.23. The number of hydrogen-bond acceptors (Lipinski definition) is 2. The molecule has 0 fully saturated rings. The average Bonchev–Trinajstić information content (AvgIpc) is 2.95. The predicted molar refractivity (Wildman–Crippen MR) is 99.8 cm³/mol. The number of hydrogen-bond donors (Lipinski definition) is 0. The molecule has 0 bridgehead atoms. The van der Waals surface area contributed by atoms with Crippen LogP contribution in [0.1, 0.15) is 37.1 Å². The summed E-state index contributed by atoms with van der Waals surface area (Å²) in [6.45, 7) is 3.83. The first-order chi connectivity index (χ1) is 11.7. The summed E-state index contributed by atoms with van der Waals surface area (Å²) in [5.41, 5.74) is 3.40. The van der Waals surface area contributed by atoms with Gasteiger partial charge >= 0.3 is 0 Å². The number of fused-ring (bicyclic) bond motifs is 1. The number of aromatic nitrogens is 2. The maximum absolute atomic E-state index is 6.23. The molecule has 1 unspecified atom stereocenters. The van der Waals surface area contributed by atoms with Crippen molar-refractivity contribution in [2.75, 3.05) is 13.7 Å². The lowest BCUT2D eigenvalue weighted by Gasteiger charge is -2.17. The fourth-order valence-corrected chi connectivity index (χ4v) is 3.40. The molecule has 0 aliphatic heterocycles. The van der Waals surface area contributed by atoms with Crippen LogP contribution in [0, 0.1) is 0 Å². The smallest absolute Gasteiger partial charge is 0.117 e. The highest BCUT2D eigenvalue weighted by molar-refractivity contribution is 6.31. The highest BCUT2D eigenvalue weighted by Crippen LogP contribution is 2.31. The minimum absolute atomic E-state index is 0.278. The van der Waals surface area contributed by atoms with Crippen LogP contribution in [0.15, 0.2) is 48.5 Å². The van der Waals surface area contributed by atoms with Crippen molar-refractivity contribution in [2.24, 2.45) is 0 Å². The fraction of sp³-hybridized carbons (Fsp3) is 0.350. The molecule has 4 heteroatoms. The van der Waals surface area contributed by atoms with E-state index in [2.05, 4.69) is 41.8 Å². The Hall–Kier alpha value is -1.84. The van der Waals surface area contributed by atoms with Gasteiger partial charge in [-0.05, 0) is 36.6 Å². The second-order valence-corrected chi connectivity index (χ2v) is 6.41. The van der Waals surface area contributed by atoms with E-state index in [9.17, 15) is 0 Å². The van der Waals surface area contributed by atoms with Gasteiger partial charge in [0.05, 0.1) is 11.0 Å². The summed E-state index contributed by atoms with van der Waals surface area (Å²) in [5.74, 6) is 1.39. The number of imidazole rings is 1. The van der Waals surface area contributed by atoms with Crippen LogP contribution < -0.4 is 0 Å². The van der Waals surface area contributed by atoms with Crippen LogP contribution in [0.25, 0.3) is 11.0 Å². The molecule has 0 aliphatic rings. The largest absolute Gasteiger partial charge is 0.385 e. The van der Waals surface area contributed by atoms with Crippen LogP contribution in [-0.4, -0.2) is 23.3 Å². The molecule has 2 aromatic carbocycles. The van der Waals surface area contributed by atoms with E-state index in [-0.39, 0.29) is 5.92 Å². The van der Waals surface area contributed by atoms with Gasteiger partial charge in [0.25, 0.3) is 0 Å². The lowest BCUT2D eigenvalue weighted by molar-refractivity contribution is 0.190. The van der Waals surface area contributed by atoms with Gasteiger partial charge in [-0.2, -0.15) is 0 Å². The predicted octanol–water partition coefficient (Wildman–Crippen LogP) is 5.27. The SMILES string of the molecule is CCC(c1ccccc1)c1nc2ccc(Cl)cc2n1CCCOC. The summed E-state index contributed by atoms with van der Waals surface area (Å²) in [6, 6.07) is 16.5. The maximum Gasteiger partial charge on any atom is 0.117 e. The topological polar surface area (TPSA) is 27.1 Å². The second kappa shape index (κ2) is 7.82. The number of nitrogens with zero attached hydrogens (tertiary/aromatic N) is 2. The Kier molecular flexibility index (Phi) is 5.54. The molecule has 1 heterocycles. The summed E-state index contributed by atoms with van der Waals surface area (Å²) in [4.78, 5) is 4.94. The minimum Gasteiger partial charge on any atom is -0.385 e.